The van der Waals surface area contributed by atoms with E-state index in [1.807, 2.05) is 0 Å². The molecule has 2 saturated heterocycles. The lowest BCUT2D eigenvalue weighted by atomic mass is 9.71. The Labute approximate surface area is 346 Å². The third-order valence-corrected chi connectivity index (χ3v) is 12.0. The number of nitrogens with zero attached hydrogens (tertiary/aromatic N) is 4. The van der Waals surface area contributed by atoms with Crippen LogP contribution < -0.4 is 4.74 Å². The molecule has 2 aliphatic heterocycles. The minimum Gasteiger partial charge on any atom is -0.456 e. The Morgan fingerprint density at radius 1 is 0.918 bits per heavy atom. The van der Waals surface area contributed by atoms with Gasteiger partial charge in [-0.2, -0.15) is 40.2 Å². The number of carbonyl (C=O) groups excluding carboxylic acids is 3. The van der Waals surface area contributed by atoms with Crippen LogP contribution in [-0.2, 0) is 27.4 Å². The third kappa shape index (κ3) is 9.28. The third-order valence-electron chi connectivity index (χ3n) is 12.0. The summed E-state index contributed by atoms with van der Waals surface area (Å²) in [6.07, 6.45) is -5.96. The van der Waals surface area contributed by atoms with E-state index in [1.54, 1.807) is 51.1 Å². The van der Waals surface area contributed by atoms with Gasteiger partial charge in [0.05, 0.1) is 43.0 Å². The number of amides is 2. The Balaban J connectivity index is 1.08. The molecule has 2 amide bonds. The Morgan fingerprint density at radius 2 is 1.61 bits per heavy atom. The summed E-state index contributed by atoms with van der Waals surface area (Å²) in [5.74, 6) is -4.24. The highest BCUT2D eigenvalue weighted by Crippen LogP contribution is 2.60. The first-order valence-electron chi connectivity index (χ1n) is 20.0. The van der Waals surface area contributed by atoms with Gasteiger partial charge < -0.3 is 24.0 Å². The molecule has 1 aromatic heterocycles. The Bertz CT molecular complexity index is 2170. The van der Waals surface area contributed by atoms with Crippen LogP contribution in [0.3, 0.4) is 0 Å². The lowest BCUT2D eigenvalue weighted by Gasteiger charge is -2.51. The van der Waals surface area contributed by atoms with Crippen molar-refractivity contribution in [1.82, 2.24) is 19.6 Å². The summed E-state index contributed by atoms with van der Waals surface area (Å²) in [4.78, 5) is 42.8. The van der Waals surface area contributed by atoms with Gasteiger partial charge in [-0.1, -0.05) is 42.5 Å². The maximum absolute atomic E-state index is 14.0. The summed E-state index contributed by atoms with van der Waals surface area (Å²) in [5.41, 5.74) is -2.01. The van der Waals surface area contributed by atoms with Crippen molar-refractivity contribution in [2.24, 2.45) is 22.7 Å². The number of benzene rings is 2. The van der Waals surface area contributed by atoms with Gasteiger partial charge in [-0.25, -0.2) is 4.79 Å². The molecule has 1 saturated carbocycles. The van der Waals surface area contributed by atoms with Gasteiger partial charge in [0.1, 0.15) is 16.8 Å². The molecule has 2 aliphatic carbocycles. The summed E-state index contributed by atoms with van der Waals surface area (Å²) in [6, 6.07) is 11.4. The highest BCUT2D eigenvalue weighted by molar-refractivity contribution is 5.94. The average Bonchev–Trinajstić information content (AvgIpc) is 3.73. The number of alkyl halides is 8. The standard InChI is InChI=1S/C43H46F8N4O6/c1-39(2,3)61-36(57)33-9-5-4-7-27(33)18-55-19-29(17-52-55)35(56)53-20-31(40(23-53)24-54(25-40)37(58)41(15-16-41)43(49,50)51)22-59-21-28-8-6-10-32(34(28)60-38(44)45)26-11-13-30(14-12-26)42(46,47)48/h4-11,17,19,30-31,38H,12-16,18,20-25H2,1-3H3. The van der Waals surface area contributed by atoms with Gasteiger partial charge in [-0.15, -0.1) is 0 Å². The lowest BCUT2D eigenvalue weighted by molar-refractivity contribution is -0.205. The zero-order valence-electron chi connectivity index (χ0n) is 33.8. The van der Waals surface area contributed by atoms with E-state index in [-0.39, 0.29) is 100 Å². The van der Waals surface area contributed by atoms with Crippen molar-refractivity contribution in [3.63, 3.8) is 0 Å². The molecule has 330 valence electrons. The van der Waals surface area contributed by atoms with Crippen molar-refractivity contribution >= 4 is 23.4 Å². The fraction of sp³-hybridized carbons (Fsp3) is 0.535. The van der Waals surface area contributed by atoms with Crippen LogP contribution in [0.2, 0.25) is 0 Å². The molecule has 7 rings (SSSR count). The second-order valence-electron chi connectivity index (χ2n) is 17.5. The molecule has 3 fully saturated rings. The van der Waals surface area contributed by atoms with Crippen LogP contribution >= 0.6 is 0 Å². The van der Waals surface area contributed by atoms with Gasteiger partial charge >= 0.3 is 24.9 Å². The van der Waals surface area contributed by atoms with E-state index in [0.29, 0.717) is 16.7 Å². The van der Waals surface area contributed by atoms with E-state index >= 15 is 0 Å². The smallest absolute Gasteiger partial charge is 0.403 e. The molecule has 0 N–H and O–H groups in total. The number of carbonyl (C=O) groups is 3. The van der Waals surface area contributed by atoms with Crippen LogP contribution in [0, 0.1) is 22.7 Å². The van der Waals surface area contributed by atoms with Crippen LogP contribution in [0.15, 0.2) is 60.9 Å². The minimum absolute atomic E-state index is 0.00827. The SMILES string of the molecule is CC(C)(C)OC(=O)c1ccccc1Cn1cc(C(=O)N2CC(COCc3cccc(C4=CCC(C(F)(F)F)CC4)c3OC(F)F)C3(C2)CN(C(=O)C2(C(F)(F)F)CC2)C3)cn1. The number of likely N-dealkylation sites (tertiary alicyclic amines) is 2. The molecule has 18 heteroatoms. The largest absolute Gasteiger partial charge is 0.456 e. The van der Waals surface area contributed by atoms with Gasteiger partial charge in [0.25, 0.3) is 5.91 Å². The second-order valence-corrected chi connectivity index (χ2v) is 17.5. The summed E-state index contributed by atoms with van der Waals surface area (Å²) in [5, 5.41) is 4.34. The van der Waals surface area contributed by atoms with Crippen LogP contribution in [-0.4, -0.2) is 94.7 Å². The zero-order chi connectivity index (χ0) is 44.1. The number of rotatable bonds is 12. The number of aromatic nitrogens is 2. The molecule has 2 aromatic carbocycles. The van der Waals surface area contributed by atoms with Crippen molar-refractivity contribution in [3.05, 3.63) is 88.8 Å². The molecule has 1 spiro atoms. The summed E-state index contributed by atoms with van der Waals surface area (Å²) < 4.78 is 127. The topological polar surface area (TPSA) is 103 Å². The molecular formula is C43H46F8N4O6. The Kier molecular flexibility index (Phi) is 11.8. The fourth-order valence-electron chi connectivity index (χ4n) is 8.65. The molecule has 3 aromatic rings. The quantitative estimate of drug-likeness (QED) is 0.133. The van der Waals surface area contributed by atoms with Gasteiger partial charge in [-0.3, -0.25) is 14.3 Å². The van der Waals surface area contributed by atoms with E-state index in [2.05, 4.69) is 5.10 Å². The van der Waals surface area contributed by atoms with Crippen molar-refractivity contribution in [2.75, 3.05) is 32.8 Å². The molecule has 61 heavy (non-hydrogen) atoms. The van der Waals surface area contributed by atoms with Gasteiger partial charge in [0.2, 0.25) is 5.91 Å². The van der Waals surface area contributed by atoms with Crippen molar-refractivity contribution in [1.29, 1.82) is 0 Å². The molecule has 3 heterocycles. The average molecular weight is 867 g/mol. The number of esters is 1. The Morgan fingerprint density at radius 3 is 2.23 bits per heavy atom. The van der Waals surface area contributed by atoms with Crippen LogP contribution in [0.4, 0.5) is 35.1 Å². The van der Waals surface area contributed by atoms with Crippen LogP contribution in [0.5, 0.6) is 5.75 Å². The van der Waals surface area contributed by atoms with E-state index in [1.165, 1.54) is 45.1 Å². The normalized spacial score (nSPS) is 21.0. The molecule has 0 bridgehead atoms. The highest BCUT2D eigenvalue weighted by Gasteiger charge is 2.71. The maximum atomic E-state index is 14.0. The van der Waals surface area contributed by atoms with E-state index in [0.717, 1.165) is 0 Å². The monoisotopic (exact) mass is 866 g/mol. The number of hydrogen-bond acceptors (Lipinski definition) is 7. The first-order valence-corrected chi connectivity index (χ1v) is 20.0. The number of para-hydroxylation sites is 1. The van der Waals surface area contributed by atoms with Crippen LogP contribution in [0.25, 0.3) is 5.57 Å². The minimum atomic E-state index is -4.71. The van der Waals surface area contributed by atoms with Gasteiger partial charge in [-0.05, 0) is 70.1 Å². The number of halogens is 8. The molecule has 0 radical (unpaired) electrons. The van der Waals surface area contributed by atoms with Crippen molar-refractivity contribution in [2.45, 2.75) is 90.6 Å². The number of allylic oxidation sites excluding steroid dienone is 2. The predicted octanol–water partition coefficient (Wildman–Crippen LogP) is 8.69. The van der Waals surface area contributed by atoms with Gasteiger partial charge in [0, 0.05) is 54.8 Å². The molecule has 4 aliphatic rings. The summed E-state index contributed by atoms with van der Waals surface area (Å²) >= 11 is 0. The molecule has 2 atom stereocenters. The van der Waals surface area contributed by atoms with E-state index < -0.39 is 65.0 Å². The lowest BCUT2D eigenvalue weighted by Crippen LogP contribution is -2.65. The number of hydrogen-bond donors (Lipinski definition) is 0. The fourth-order valence-corrected chi connectivity index (χ4v) is 8.65. The van der Waals surface area contributed by atoms with Crippen LogP contribution in [0.1, 0.15) is 90.3 Å². The second kappa shape index (κ2) is 16.4. The van der Waals surface area contributed by atoms with Crippen molar-refractivity contribution in [3.8, 4) is 5.75 Å². The van der Waals surface area contributed by atoms with Crippen molar-refractivity contribution < 1.29 is 63.7 Å². The molecule has 2 unspecified atom stereocenters. The molecular weight excluding hydrogens is 820 g/mol. The summed E-state index contributed by atoms with van der Waals surface area (Å²) in [6.45, 7) is 1.83. The zero-order valence-corrected chi connectivity index (χ0v) is 33.8. The predicted molar refractivity (Wildman–Crippen MR) is 203 cm³/mol. The first kappa shape index (κ1) is 44.1. The highest BCUT2D eigenvalue weighted by atomic mass is 19.4. The summed E-state index contributed by atoms with van der Waals surface area (Å²) in [7, 11) is 0. The molecule has 10 nitrogen and oxygen atoms in total. The number of ether oxygens (including phenoxy) is 3. The first-order chi connectivity index (χ1) is 28.6. The van der Waals surface area contributed by atoms with E-state index in [9.17, 15) is 49.5 Å². The van der Waals surface area contributed by atoms with E-state index in [4.69, 9.17) is 14.2 Å². The maximum Gasteiger partial charge on any atom is 0.403 e. The van der Waals surface area contributed by atoms with Gasteiger partial charge in [0.15, 0.2) is 0 Å². The Hall–Kier alpha value is -5.00.